The van der Waals surface area contributed by atoms with E-state index >= 15 is 0 Å². The Morgan fingerprint density at radius 1 is 1.29 bits per heavy atom. The first-order valence-corrected chi connectivity index (χ1v) is 7.32. The summed E-state index contributed by atoms with van der Waals surface area (Å²) in [6, 6.07) is 3.63. The average molecular weight is 289 g/mol. The maximum absolute atomic E-state index is 12.6. The van der Waals surface area contributed by atoms with Crippen molar-refractivity contribution in [3.05, 3.63) is 23.3 Å². The van der Waals surface area contributed by atoms with Crippen LogP contribution < -0.4 is 9.47 Å². The van der Waals surface area contributed by atoms with Crippen LogP contribution in [-0.4, -0.2) is 36.7 Å². The molecule has 5 heteroatoms. The molecule has 112 valence electrons. The molecular formula is C16H19NO4. The predicted octanol–water partition coefficient (Wildman–Crippen LogP) is 1.49. The SMILES string of the molecule is COc1ccc(OC)c2c1CN(C(=O)C13CC1C3)CC2O. The molecule has 2 aliphatic carbocycles. The van der Waals surface area contributed by atoms with Crippen LogP contribution in [0.3, 0.4) is 0 Å². The van der Waals surface area contributed by atoms with Gasteiger partial charge >= 0.3 is 0 Å². The monoisotopic (exact) mass is 289 g/mol. The fourth-order valence-corrected chi connectivity index (χ4v) is 3.60. The molecular weight excluding hydrogens is 270 g/mol. The van der Waals surface area contributed by atoms with Crippen LogP contribution in [-0.2, 0) is 11.3 Å². The third-order valence-corrected chi connectivity index (χ3v) is 5.19. The summed E-state index contributed by atoms with van der Waals surface area (Å²) < 4.78 is 10.7. The van der Waals surface area contributed by atoms with Gasteiger partial charge in [-0.3, -0.25) is 4.79 Å². The summed E-state index contributed by atoms with van der Waals surface area (Å²) in [6.45, 7) is 0.823. The minimum absolute atomic E-state index is 0.0661. The zero-order valence-electron chi connectivity index (χ0n) is 12.3. The van der Waals surface area contributed by atoms with Gasteiger partial charge in [-0.25, -0.2) is 0 Å². The molecule has 1 unspecified atom stereocenters. The molecule has 0 saturated heterocycles. The summed E-state index contributed by atoms with van der Waals surface area (Å²) >= 11 is 0. The highest BCUT2D eigenvalue weighted by Gasteiger charge is 2.75. The summed E-state index contributed by atoms with van der Waals surface area (Å²) in [7, 11) is 3.19. The maximum atomic E-state index is 12.6. The van der Waals surface area contributed by atoms with Crippen LogP contribution in [0.2, 0.25) is 0 Å². The molecule has 1 aliphatic heterocycles. The molecule has 3 aliphatic rings. The average Bonchev–Trinajstić information content (AvgIpc) is 3.34. The van der Waals surface area contributed by atoms with E-state index in [4.69, 9.17) is 9.47 Å². The van der Waals surface area contributed by atoms with Gasteiger partial charge < -0.3 is 19.5 Å². The van der Waals surface area contributed by atoms with E-state index in [1.807, 2.05) is 6.07 Å². The van der Waals surface area contributed by atoms with Gasteiger partial charge in [0.1, 0.15) is 17.6 Å². The van der Waals surface area contributed by atoms with Crippen LogP contribution in [0.15, 0.2) is 12.1 Å². The number of aliphatic hydroxyl groups excluding tert-OH is 1. The highest BCUT2D eigenvalue weighted by atomic mass is 16.5. The Bertz CT molecular complexity index is 621. The van der Waals surface area contributed by atoms with Gasteiger partial charge in [0.05, 0.1) is 26.2 Å². The highest BCUT2D eigenvalue weighted by molar-refractivity contribution is 5.90. The van der Waals surface area contributed by atoms with Gasteiger partial charge in [-0.1, -0.05) is 0 Å². The first-order chi connectivity index (χ1) is 10.1. The number of carbonyl (C=O) groups is 1. The minimum atomic E-state index is -0.727. The number of benzene rings is 1. The molecule has 1 heterocycles. The lowest BCUT2D eigenvalue weighted by atomic mass is 9.94. The maximum Gasteiger partial charge on any atom is 0.229 e. The number of rotatable bonds is 3. The van der Waals surface area contributed by atoms with E-state index in [0.29, 0.717) is 30.5 Å². The number of carbonyl (C=O) groups excluding carboxylic acids is 1. The van der Waals surface area contributed by atoms with Crippen LogP contribution in [0.5, 0.6) is 11.5 Å². The van der Waals surface area contributed by atoms with Crippen molar-refractivity contribution in [3.8, 4) is 11.5 Å². The van der Waals surface area contributed by atoms with Crippen LogP contribution in [0.1, 0.15) is 30.1 Å². The fourth-order valence-electron chi connectivity index (χ4n) is 3.60. The van der Waals surface area contributed by atoms with E-state index in [2.05, 4.69) is 0 Å². The molecule has 0 aromatic heterocycles. The highest BCUT2D eigenvalue weighted by Crippen LogP contribution is 2.76. The van der Waals surface area contributed by atoms with Gasteiger partial charge in [0.2, 0.25) is 5.91 Å². The first-order valence-electron chi connectivity index (χ1n) is 7.32. The molecule has 0 spiro atoms. The Balaban J connectivity index is 1.71. The smallest absolute Gasteiger partial charge is 0.229 e. The van der Waals surface area contributed by atoms with E-state index in [0.717, 1.165) is 24.0 Å². The quantitative estimate of drug-likeness (QED) is 0.916. The minimum Gasteiger partial charge on any atom is -0.496 e. The lowest BCUT2D eigenvalue weighted by molar-refractivity contribution is -0.137. The third kappa shape index (κ3) is 1.70. The second kappa shape index (κ2) is 4.13. The summed E-state index contributed by atoms with van der Waals surface area (Å²) in [5.74, 6) is 2.15. The molecule has 1 aromatic carbocycles. The molecule has 1 amide bonds. The van der Waals surface area contributed by atoms with Gasteiger partial charge in [0.25, 0.3) is 0 Å². The normalized spacial score (nSPS) is 32.0. The first kappa shape index (κ1) is 13.0. The molecule has 2 saturated carbocycles. The number of aliphatic hydroxyl groups is 1. The topological polar surface area (TPSA) is 59.0 Å². The number of fused-ring (bicyclic) bond motifs is 2. The molecule has 0 bridgehead atoms. The number of nitrogens with zero attached hydrogens (tertiary/aromatic N) is 1. The van der Waals surface area contributed by atoms with Gasteiger partial charge in [0, 0.05) is 17.7 Å². The zero-order chi connectivity index (χ0) is 14.8. The molecule has 0 radical (unpaired) electrons. The Morgan fingerprint density at radius 3 is 2.48 bits per heavy atom. The van der Waals surface area contributed by atoms with Crippen LogP contribution in [0, 0.1) is 11.3 Å². The third-order valence-electron chi connectivity index (χ3n) is 5.19. The molecule has 21 heavy (non-hydrogen) atoms. The van der Waals surface area contributed by atoms with E-state index in [1.165, 1.54) is 0 Å². The Kier molecular flexibility index (Phi) is 2.55. The number of ether oxygens (including phenoxy) is 2. The second-order valence-electron chi connectivity index (χ2n) is 6.33. The number of methoxy groups -OCH3 is 2. The van der Waals surface area contributed by atoms with E-state index in [-0.39, 0.29) is 11.3 Å². The number of amides is 1. The Morgan fingerprint density at radius 2 is 1.90 bits per heavy atom. The van der Waals surface area contributed by atoms with Crippen LogP contribution in [0.4, 0.5) is 0 Å². The van der Waals surface area contributed by atoms with Crippen LogP contribution >= 0.6 is 0 Å². The van der Waals surface area contributed by atoms with Gasteiger partial charge in [-0.2, -0.15) is 0 Å². The predicted molar refractivity (Wildman–Crippen MR) is 75.1 cm³/mol. The molecule has 1 aromatic rings. The van der Waals surface area contributed by atoms with Crippen molar-refractivity contribution in [2.24, 2.45) is 11.3 Å². The lowest BCUT2D eigenvalue weighted by Crippen LogP contribution is -2.40. The van der Waals surface area contributed by atoms with Crippen molar-refractivity contribution >= 4 is 5.91 Å². The molecule has 5 nitrogen and oxygen atoms in total. The Labute approximate surface area is 123 Å². The van der Waals surface area contributed by atoms with Gasteiger partial charge in [-0.15, -0.1) is 0 Å². The fraction of sp³-hybridized carbons (Fsp3) is 0.562. The van der Waals surface area contributed by atoms with Gasteiger partial charge in [-0.05, 0) is 30.9 Å². The van der Waals surface area contributed by atoms with E-state index in [1.54, 1.807) is 25.2 Å². The zero-order valence-corrected chi connectivity index (χ0v) is 12.3. The lowest BCUT2D eigenvalue weighted by Gasteiger charge is -2.34. The van der Waals surface area contributed by atoms with Crippen molar-refractivity contribution in [2.45, 2.75) is 25.5 Å². The largest absolute Gasteiger partial charge is 0.496 e. The number of β-amino-alcohol motifs (C(OH)–C–C–N with tert-alkyl or cyclic N) is 1. The second-order valence-corrected chi connectivity index (χ2v) is 6.33. The van der Waals surface area contributed by atoms with Crippen molar-refractivity contribution in [2.75, 3.05) is 20.8 Å². The van der Waals surface area contributed by atoms with Gasteiger partial charge in [0.15, 0.2) is 0 Å². The summed E-state index contributed by atoms with van der Waals surface area (Å²) in [5, 5.41) is 10.5. The van der Waals surface area contributed by atoms with Crippen molar-refractivity contribution < 1.29 is 19.4 Å². The van der Waals surface area contributed by atoms with Crippen LogP contribution in [0.25, 0.3) is 0 Å². The summed E-state index contributed by atoms with van der Waals surface area (Å²) in [4.78, 5) is 14.4. The summed E-state index contributed by atoms with van der Waals surface area (Å²) in [5.41, 5.74) is 1.54. The van der Waals surface area contributed by atoms with E-state index < -0.39 is 6.10 Å². The molecule has 4 rings (SSSR count). The number of hydrogen-bond donors (Lipinski definition) is 1. The number of hydrogen-bond acceptors (Lipinski definition) is 4. The molecule has 1 N–H and O–H groups in total. The molecule has 2 fully saturated rings. The van der Waals surface area contributed by atoms with Crippen molar-refractivity contribution in [1.29, 1.82) is 0 Å². The van der Waals surface area contributed by atoms with E-state index in [9.17, 15) is 9.90 Å². The standard InChI is InChI=1S/C16H19NO4/c1-20-12-3-4-13(21-2)14-10(12)7-17(8-11(14)18)15(19)16-5-9(16)6-16/h3-4,9,11,18H,5-8H2,1-2H3. The Hall–Kier alpha value is -1.75. The van der Waals surface area contributed by atoms with Crippen molar-refractivity contribution in [3.63, 3.8) is 0 Å². The van der Waals surface area contributed by atoms with Crippen molar-refractivity contribution in [1.82, 2.24) is 4.90 Å². The molecule has 1 atom stereocenters. The summed E-state index contributed by atoms with van der Waals surface area (Å²) in [6.07, 6.45) is 1.33.